The Morgan fingerprint density at radius 3 is 2.60 bits per heavy atom. The number of benzene rings is 1. The van der Waals surface area contributed by atoms with Crippen LogP contribution in [-0.4, -0.2) is 66.9 Å². The number of rotatable bonds is 5. The van der Waals surface area contributed by atoms with E-state index in [9.17, 15) is 9.90 Å². The van der Waals surface area contributed by atoms with Crippen molar-refractivity contribution in [3.05, 3.63) is 35.4 Å². The van der Waals surface area contributed by atoms with Crippen LogP contribution in [-0.2, 0) is 17.8 Å². The Bertz CT molecular complexity index is 543. The van der Waals surface area contributed by atoms with Crippen molar-refractivity contribution in [1.29, 1.82) is 0 Å². The van der Waals surface area contributed by atoms with Gasteiger partial charge < -0.3 is 20.1 Å². The van der Waals surface area contributed by atoms with E-state index < -0.39 is 0 Å². The molecule has 2 fully saturated rings. The van der Waals surface area contributed by atoms with Gasteiger partial charge in [-0.1, -0.05) is 24.3 Å². The molecule has 138 valence electrons. The number of aliphatic hydroxyl groups excluding tert-OH is 1. The van der Waals surface area contributed by atoms with Crippen molar-refractivity contribution in [2.45, 2.75) is 25.9 Å². The number of piperidine rings is 1. The van der Waals surface area contributed by atoms with Gasteiger partial charge in [-0.05, 0) is 29.9 Å². The quantitative estimate of drug-likeness (QED) is 0.846. The minimum atomic E-state index is -0.0319. The lowest BCUT2D eigenvalue weighted by Crippen LogP contribution is -2.45. The second-order valence-corrected chi connectivity index (χ2v) is 7.00. The Hall–Kier alpha value is -1.63. The Morgan fingerprint density at radius 1 is 1.16 bits per heavy atom. The van der Waals surface area contributed by atoms with Crippen LogP contribution in [0.15, 0.2) is 24.3 Å². The maximum Gasteiger partial charge on any atom is 0.317 e. The predicted octanol–water partition coefficient (Wildman–Crippen LogP) is 1.43. The third-order valence-electron chi connectivity index (χ3n) is 5.04. The molecule has 6 nitrogen and oxygen atoms in total. The summed E-state index contributed by atoms with van der Waals surface area (Å²) in [5.74, 6) is 0.221. The molecule has 0 bridgehead atoms. The Morgan fingerprint density at radius 2 is 1.88 bits per heavy atom. The smallest absolute Gasteiger partial charge is 0.317 e. The summed E-state index contributed by atoms with van der Waals surface area (Å²) in [6.07, 6.45) is 1.97. The highest BCUT2D eigenvalue weighted by atomic mass is 16.5. The summed E-state index contributed by atoms with van der Waals surface area (Å²) in [5.41, 5.74) is 2.40. The molecule has 1 unspecified atom stereocenters. The van der Waals surface area contributed by atoms with Gasteiger partial charge >= 0.3 is 6.03 Å². The fraction of sp³-hybridized carbons (Fsp3) is 0.632. The van der Waals surface area contributed by atoms with Gasteiger partial charge in [0.15, 0.2) is 0 Å². The predicted molar refractivity (Wildman–Crippen MR) is 96.2 cm³/mol. The molecule has 0 saturated carbocycles. The van der Waals surface area contributed by atoms with Crippen LogP contribution in [0.2, 0.25) is 0 Å². The molecular weight excluding hydrogens is 318 g/mol. The van der Waals surface area contributed by atoms with Gasteiger partial charge in [-0.25, -0.2) is 4.79 Å². The Kier molecular flexibility index (Phi) is 6.67. The number of morpholine rings is 1. The third-order valence-corrected chi connectivity index (χ3v) is 5.04. The van der Waals surface area contributed by atoms with E-state index in [4.69, 9.17) is 4.74 Å². The first-order valence-electron chi connectivity index (χ1n) is 9.26. The number of likely N-dealkylation sites (tertiary alicyclic amines) is 1. The number of amides is 2. The molecule has 1 aromatic carbocycles. The van der Waals surface area contributed by atoms with Crippen LogP contribution >= 0.6 is 0 Å². The van der Waals surface area contributed by atoms with E-state index in [1.165, 1.54) is 5.56 Å². The maximum atomic E-state index is 12.3. The minimum Gasteiger partial charge on any atom is -0.396 e. The molecule has 25 heavy (non-hydrogen) atoms. The molecule has 0 aromatic heterocycles. The highest BCUT2D eigenvalue weighted by Crippen LogP contribution is 2.16. The minimum absolute atomic E-state index is 0.0319. The fourth-order valence-corrected chi connectivity index (χ4v) is 3.47. The van der Waals surface area contributed by atoms with Crippen molar-refractivity contribution in [3.63, 3.8) is 0 Å². The second-order valence-electron chi connectivity index (χ2n) is 7.00. The van der Waals surface area contributed by atoms with E-state index in [1.54, 1.807) is 0 Å². The molecule has 6 heteroatoms. The molecule has 1 aromatic rings. The first-order chi connectivity index (χ1) is 12.2. The van der Waals surface area contributed by atoms with Crippen LogP contribution in [0.4, 0.5) is 4.79 Å². The molecule has 2 aliphatic heterocycles. The average Bonchev–Trinajstić information content (AvgIpc) is 2.68. The Labute approximate surface area is 149 Å². The molecule has 1 atom stereocenters. The molecule has 2 saturated heterocycles. The lowest BCUT2D eigenvalue weighted by Gasteiger charge is -2.31. The van der Waals surface area contributed by atoms with E-state index >= 15 is 0 Å². The van der Waals surface area contributed by atoms with E-state index in [2.05, 4.69) is 34.5 Å². The summed E-state index contributed by atoms with van der Waals surface area (Å²) in [6, 6.07) is 8.42. The van der Waals surface area contributed by atoms with Crippen molar-refractivity contribution in [1.82, 2.24) is 15.1 Å². The molecular formula is C19H29N3O3. The van der Waals surface area contributed by atoms with Crippen LogP contribution in [0.3, 0.4) is 0 Å². The normalized spacial score (nSPS) is 22.0. The van der Waals surface area contributed by atoms with Crippen molar-refractivity contribution in [3.8, 4) is 0 Å². The fourth-order valence-electron chi connectivity index (χ4n) is 3.47. The summed E-state index contributed by atoms with van der Waals surface area (Å²) in [6.45, 7) is 6.69. The summed E-state index contributed by atoms with van der Waals surface area (Å²) < 4.78 is 5.37. The lowest BCUT2D eigenvalue weighted by atomic mass is 9.99. The van der Waals surface area contributed by atoms with Crippen LogP contribution in [0, 0.1) is 5.92 Å². The van der Waals surface area contributed by atoms with Crippen molar-refractivity contribution in [2.75, 3.05) is 46.0 Å². The molecule has 0 radical (unpaired) electrons. The number of aliphatic hydroxyl groups is 1. The number of ether oxygens (including phenoxy) is 1. The Balaban J connectivity index is 1.44. The molecule has 0 spiro atoms. The topological polar surface area (TPSA) is 65.0 Å². The highest BCUT2D eigenvalue weighted by Gasteiger charge is 2.22. The molecule has 2 N–H and O–H groups in total. The standard InChI is InChI=1S/C19H29N3O3/c23-15-18-2-1-7-22(14-18)19(24)20-12-16-3-5-17(6-4-16)13-21-8-10-25-11-9-21/h3-6,18,23H,1-2,7-15H2,(H,20,24). The van der Waals surface area contributed by atoms with Crippen LogP contribution in [0.25, 0.3) is 0 Å². The number of urea groups is 1. The van der Waals surface area contributed by atoms with E-state index in [1.807, 2.05) is 4.90 Å². The molecule has 2 amide bonds. The zero-order chi connectivity index (χ0) is 17.5. The number of carbonyl (C=O) groups excluding carboxylic acids is 1. The monoisotopic (exact) mass is 347 g/mol. The van der Waals surface area contributed by atoms with Crippen molar-refractivity contribution in [2.24, 2.45) is 5.92 Å². The van der Waals surface area contributed by atoms with Gasteiger partial charge in [0.2, 0.25) is 0 Å². The van der Waals surface area contributed by atoms with Gasteiger partial charge in [-0.2, -0.15) is 0 Å². The first-order valence-corrected chi connectivity index (χ1v) is 9.26. The van der Waals surface area contributed by atoms with Crippen LogP contribution in [0.1, 0.15) is 24.0 Å². The third kappa shape index (κ3) is 5.42. The van der Waals surface area contributed by atoms with Gasteiger partial charge in [-0.15, -0.1) is 0 Å². The van der Waals surface area contributed by atoms with Gasteiger partial charge in [0.1, 0.15) is 0 Å². The van der Waals surface area contributed by atoms with Crippen molar-refractivity contribution < 1.29 is 14.6 Å². The van der Waals surface area contributed by atoms with Crippen LogP contribution < -0.4 is 5.32 Å². The van der Waals surface area contributed by atoms with Crippen molar-refractivity contribution >= 4 is 6.03 Å². The number of hydrogen-bond donors (Lipinski definition) is 2. The van der Waals surface area contributed by atoms with E-state index in [0.29, 0.717) is 13.1 Å². The number of nitrogens with zero attached hydrogens (tertiary/aromatic N) is 2. The van der Waals surface area contributed by atoms with Gasteiger partial charge in [0.25, 0.3) is 0 Å². The largest absolute Gasteiger partial charge is 0.396 e. The zero-order valence-electron chi connectivity index (χ0n) is 14.8. The number of hydrogen-bond acceptors (Lipinski definition) is 4. The molecule has 2 aliphatic rings. The maximum absolute atomic E-state index is 12.3. The summed E-state index contributed by atoms with van der Waals surface area (Å²) in [7, 11) is 0. The van der Waals surface area contributed by atoms with Gasteiger partial charge in [0, 0.05) is 45.9 Å². The lowest BCUT2D eigenvalue weighted by molar-refractivity contribution is 0.0342. The summed E-state index contributed by atoms with van der Waals surface area (Å²) in [5, 5.41) is 12.3. The number of carbonyl (C=O) groups is 1. The SMILES string of the molecule is O=C(NCc1ccc(CN2CCOCC2)cc1)N1CCCC(CO)C1. The zero-order valence-corrected chi connectivity index (χ0v) is 14.8. The highest BCUT2D eigenvalue weighted by molar-refractivity contribution is 5.74. The summed E-state index contributed by atoms with van der Waals surface area (Å²) in [4.78, 5) is 16.5. The molecule has 3 rings (SSSR count). The van der Waals surface area contributed by atoms with E-state index in [0.717, 1.165) is 57.8 Å². The van der Waals surface area contributed by atoms with Crippen LogP contribution in [0.5, 0.6) is 0 Å². The number of nitrogens with one attached hydrogen (secondary N) is 1. The molecule has 2 heterocycles. The summed E-state index contributed by atoms with van der Waals surface area (Å²) >= 11 is 0. The first kappa shape index (κ1) is 18.2. The average molecular weight is 347 g/mol. The van der Waals surface area contributed by atoms with Gasteiger partial charge in [0.05, 0.1) is 13.2 Å². The molecule has 0 aliphatic carbocycles. The van der Waals surface area contributed by atoms with E-state index in [-0.39, 0.29) is 18.6 Å². The second kappa shape index (κ2) is 9.17. The van der Waals surface area contributed by atoms with Gasteiger partial charge in [-0.3, -0.25) is 4.90 Å².